The maximum Gasteiger partial charge on any atom is 0.417 e. The van der Waals surface area contributed by atoms with E-state index in [4.69, 9.17) is 16.3 Å². The number of alkyl halides is 3. The van der Waals surface area contributed by atoms with Gasteiger partial charge in [-0.05, 0) is 26.8 Å². The molecule has 1 aromatic heterocycles. The van der Waals surface area contributed by atoms with Gasteiger partial charge in [0.1, 0.15) is 11.6 Å². The van der Waals surface area contributed by atoms with Gasteiger partial charge in [-0.1, -0.05) is 11.6 Å². The minimum atomic E-state index is -4.48. The molecule has 0 saturated heterocycles. The molecule has 5 nitrogen and oxygen atoms in total. The average Bonchev–Trinajstić information content (AvgIpc) is 2.43. The number of rotatable bonds is 6. The van der Waals surface area contributed by atoms with Crippen molar-refractivity contribution in [3.8, 4) is 5.88 Å². The number of guanidine groups is 1. The van der Waals surface area contributed by atoms with Crippen molar-refractivity contribution in [1.29, 1.82) is 0 Å². The lowest BCUT2D eigenvalue weighted by atomic mass is 10.3. The predicted molar refractivity (Wildman–Crippen MR) is 99.4 cm³/mol. The van der Waals surface area contributed by atoms with E-state index in [1.54, 1.807) is 0 Å². The van der Waals surface area contributed by atoms with Crippen molar-refractivity contribution >= 4 is 41.5 Å². The maximum atomic E-state index is 12.5. The fraction of sp³-hybridized carbons (Fsp3) is 0.571. The summed E-state index contributed by atoms with van der Waals surface area (Å²) in [4.78, 5) is 7.87. The third-order valence-electron chi connectivity index (χ3n) is 2.50. The van der Waals surface area contributed by atoms with Crippen LogP contribution in [0, 0.1) is 0 Å². The Balaban J connectivity index is 0.00000529. The summed E-state index contributed by atoms with van der Waals surface area (Å²) in [5, 5.41) is 6.01. The third kappa shape index (κ3) is 8.22. The van der Waals surface area contributed by atoms with Crippen molar-refractivity contribution in [3.63, 3.8) is 0 Å². The van der Waals surface area contributed by atoms with Crippen LogP contribution in [0.4, 0.5) is 13.2 Å². The highest BCUT2D eigenvalue weighted by Gasteiger charge is 2.31. The fourth-order valence-corrected chi connectivity index (χ4v) is 1.80. The van der Waals surface area contributed by atoms with Gasteiger partial charge in [-0.2, -0.15) is 13.2 Å². The number of ether oxygens (including phenoxy) is 1. The molecule has 0 bridgehead atoms. The molecule has 0 aliphatic rings. The highest BCUT2D eigenvalue weighted by atomic mass is 127. The van der Waals surface area contributed by atoms with Crippen LogP contribution in [0.25, 0.3) is 0 Å². The second-order valence-corrected chi connectivity index (χ2v) is 5.32. The first-order valence-corrected chi connectivity index (χ1v) is 7.52. The molecule has 0 spiro atoms. The molecular formula is C14H21ClF3IN4O. The van der Waals surface area contributed by atoms with Crippen molar-refractivity contribution < 1.29 is 17.9 Å². The smallest absolute Gasteiger partial charge is 0.417 e. The molecule has 1 aromatic rings. The molecule has 0 unspecified atom stereocenters. The summed E-state index contributed by atoms with van der Waals surface area (Å²) in [6, 6.07) is 1.01. The van der Waals surface area contributed by atoms with E-state index in [2.05, 4.69) is 20.6 Å². The minimum Gasteiger partial charge on any atom is -0.475 e. The third-order valence-corrected chi connectivity index (χ3v) is 2.78. The van der Waals surface area contributed by atoms with Gasteiger partial charge in [0.05, 0.1) is 12.1 Å². The molecule has 1 heterocycles. The molecule has 24 heavy (non-hydrogen) atoms. The van der Waals surface area contributed by atoms with Crippen LogP contribution in [-0.4, -0.2) is 36.7 Å². The Kier molecular flexibility index (Phi) is 10.4. The number of pyridine rings is 1. The van der Waals surface area contributed by atoms with Crippen LogP contribution in [0.15, 0.2) is 17.3 Å². The zero-order valence-electron chi connectivity index (χ0n) is 13.6. The lowest BCUT2D eigenvalue weighted by Crippen LogP contribution is -2.41. The van der Waals surface area contributed by atoms with E-state index in [1.807, 2.05) is 20.8 Å². The Hall–Kier alpha value is -0.970. The van der Waals surface area contributed by atoms with Gasteiger partial charge in [0.25, 0.3) is 0 Å². The molecule has 1 rings (SSSR count). The van der Waals surface area contributed by atoms with Gasteiger partial charge in [0.15, 0.2) is 5.96 Å². The van der Waals surface area contributed by atoms with Crippen LogP contribution in [0.3, 0.4) is 0 Å². The molecule has 0 saturated carbocycles. The summed E-state index contributed by atoms with van der Waals surface area (Å²) >= 11 is 5.75. The normalized spacial score (nSPS) is 11.9. The number of hydrogen-bond donors (Lipinski definition) is 2. The monoisotopic (exact) mass is 480 g/mol. The highest BCUT2D eigenvalue weighted by Crippen LogP contribution is 2.32. The van der Waals surface area contributed by atoms with E-state index >= 15 is 0 Å². The lowest BCUT2D eigenvalue weighted by molar-refractivity contribution is -0.137. The minimum absolute atomic E-state index is 0. The number of halogens is 5. The van der Waals surface area contributed by atoms with Crippen molar-refractivity contribution in [2.24, 2.45) is 4.99 Å². The summed E-state index contributed by atoms with van der Waals surface area (Å²) in [6.07, 6.45) is -3.79. The van der Waals surface area contributed by atoms with E-state index < -0.39 is 11.7 Å². The first kappa shape index (κ1) is 23.0. The molecule has 0 aliphatic heterocycles. The van der Waals surface area contributed by atoms with Crippen LogP contribution >= 0.6 is 35.6 Å². The van der Waals surface area contributed by atoms with Gasteiger partial charge >= 0.3 is 6.18 Å². The lowest BCUT2D eigenvalue weighted by Gasteiger charge is -2.14. The molecule has 0 amide bonds. The molecule has 10 heteroatoms. The fourth-order valence-electron chi connectivity index (χ4n) is 1.58. The molecule has 0 fully saturated rings. The standard InChI is InChI=1S/C14H20ClF3N4O.HI/c1-4-19-13(22-9(2)3)20-5-6-23-12-11(15)7-10(8-21-12)14(16,17)18;/h7-9H,4-6H2,1-3H3,(H2,19,20,22);1H. The van der Waals surface area contributed by atoms with E-state index in [-0.39, 0.29) is 47.5 Å². The van der Waals surface area contributed by atoms with Crippen LogP contribution in [-0.2, 0) is 6.18 Å². The van der Waals surface area contributed by atoms with Crippen molar-refractivity contribution in [3.05, 3.63) is 22.8 Å². The van der Waals surface area contributed by atoms with Crippen LogP contribution in [0.5, 0.6) is 5.88 Å². The van der Waals surface area contributed by atoms with Gasteiger partial charge < -0.3 is 15.4 Å². The van der Waals surface area contributed by atoms with Gasteiger partial charge in [-0.25, -0.2) is 9.98 Å². The molecule has 0 aliphatic carbocycles. The molecule has 0 aromatic carbocycles. The number of nitrogens with one attached hydrogen (secondary N) is 2. The summed E-state index contributed by atoms with van der Waals surface area (Å²) in [5.41, 5.74) is -0.913. The van der Waals surface area contributed by atoms with Crippen molar-refractivity contribution in [2.75, 3.05) is 19.7 Å². The quantitative estimate of drug-likeness (QED) is 0.282. The van der Waals surface area contributed by atoms with E-state index in [1.165, 1.54) is 0 Å². The number of nitrogens with zero attached hydrogens (tertiary/aromatic N) is 2. The van der Waals surface area contributed by atoms with Crippen LogP contribution < -0.4 is 15.4 Å². The second kappa shape index (κ2) is 10.8. The molecule has 2 N–H and O–H groups in total. The summed E-state index contributed by atoms with van der Waals surface area (Å²) in [6.45, 7) is 7.07. The Morgan fingerprint density at radius 2 is 2.08 bits per heavy atom. The molecule has 0 atom stereocenters. The van der Waals surface area contributed by atoms with Crippen molar-refractivity contribution in [2.45, 2.75) is 33.0 Å². The second-order valence-electron chi connectivity index (χ2n) is 4.92. The zero-order valence-corrected chi connectivity index (χ0v) is 16.7. The number of hydrogen-bond acceptors (Lipinski definition) is 3. The van der Waals surface area contributed by atoms with Crippen LogP contribution in [0.2, 0.25) is 5.02 Å². The summed E-state index contributed by atoms with van der Waals surface area (Å²) in [7, 11) is 0. The van der Waals surface area contributed by atoms with E-state index in [0.717, 1.165) is 6.07 Å². The summed E-state index contributed by atoms with van der Waals surface area (Å²) < 4.78 is 42.8. The first-order valence-electron chi connectivity index (χ1n) is 7.14. The van der Waals surface area contributed by atoms with Gasteiger partial charge in [-0.15, -0.1) is 24.0 Å². The van der Waals surface area contributed by atoms with Gasteiger partial charge in [0, 0.05) is 18.8 Å². The maximum absolute atomic E-state index is 12.5. The molecular weight excluding hydrogens is 460 g/mol. The van der Waals surface area contributed by atoms with Gasteiger partial charge in [0.2, 0.25) is 5.88 Å². The van der Waals surface area contributed by atoms with E-state index in [0.29, 0.717) is 25.2 Å². The highest BCUT2D eigenvalue weighted by molar-refractivity contribution is 14.0. The number of aromatic nitrogens is 1. The largest absolute Gasteiger partial charge is 0.475 e. The average molecular weight is 481 g/mol. The Morgan fingerprint density at radius 3 is 2.58 bits per heavy atom. The van der Waals surface area contributed by atoms with Crippen molar-refractivity contribution in [1.82, 2.24) is 15.6 Å². The Labute approximate surface area is 161 Å². The van der Waals surface area contributed by atoms with Gasteiger partial charge in [-0.3, -0.25) is 0 Å². The van der Waals surface area contributed by atoms with Crippen LogP contribution in [0.1, 0.15) is 26.3 Å². The summed E-state index contributed by atoms with van der Waals surface area (Å²) in [5.74, 6) is 0.592. The first-order chi connectivity index (χ1) is 10.7. The topological polar surface area (TPSA) is 58.5 Å². The predicted octanol–water partition coefficient (Wildman–Crippen LogP) is 3.71. The Bertz CT molecular complexity index is 541. The Morgan fingerprint density at radius 1 is 1.42 bits per heavy atom. The number of aliphatic imine (C=N–C) groups is 1. The molecule has 138 valence electrons. The molecule has 0 radical (unpaired) electrons. The van der Waals surface area contributed by atoms with E-state index in [9.17, 15) is 13.2 Å². The zero-order chi connectivity index (χ0) is 17.5. The SMILES string of the molecule is CCNC(=NCCOc1ncc(C(F)(F)F)cc1Cl)NC(C)C.I.